The maximum atomic E-state index is 2.33. The van der Waals surface area contributed by atoms with Gasteiger partial charge < -0.3 is 0 Å². The Morgan fingerprint density at radius 1 is 0.800 bits per heavy atom. The van der Waals surface area contributed by atoms with Crippen molar-refractivity contribution >= 4 is 0 Å². The maximum Gasteiger partial charge on any atom is -0.0276 e. The zero-order valence-electron chi connectivity index (χ0n) is 14.2. The third-order valence-corrected chi connectivity index (χ3v) is 4.44. The standard InChI is InChI=1S/C20H34/c1-17(2)13-10-8-6-5-7-9-11-15-20-16-12-14-18(3)19(20)4/h12,14,16-17H,5-11,13,15H2,1-4H3. The lowest BCUT2D eigenvalue weighted by Gasteiger charge is -2.08. The number of benzene rings is 1. The first-order chi connectivity index (χ1) is 9.61. The summed E-state index contributed by atoms with van der Waals surface area (Å²) in [7, 11) is 0. The van der Waals surface area contributed by atoms with Crippen molar-refractivity contribution in [2.45, 2.75) is 85.5 Å². The fourth-order valence-electron chi connectivity index (χ4n) is 2.83. The van der Waals surface area contributed by atoms with E-state index in [-0.39, 0.29) is 0 Å². The summed E-state index contributed by atoms with van der Waals surface area (Å²) in [5.74, 6) is 0.882. The Kier molecular flexibility index (Phi) is 8.65. The molecule has 0 aliphatic heterocycles. The van der Waals surface area contributed by atoms with Gasteiger partial charge in [0.2, 0.25) is 0 Å². The van der Waals surface area contributed by atoms with Crippen LogP contribution in [0.4, 0.5) is 0 Å². The van der Waals surface area contributed by atoms with Crippen LogP contribution >= 0.6 is 0 Å². The summed E-state index contributed by atoms with van der Waals surface area (Å²) in [6.07, 6.45) is 12.6. The van der Waals surface area contributed by atoms with Gasteiger partial charge in [0.1, 0.15) is 0 Å². The van der Waals surface area contributed by atoms with Gasteiger partial charge in [0.15, 0.2) is 0 Å². The van der Waals surface area contributed by atoms with Crippen molar-refractivity contribution < 1.29 is 0 Å². The average molecular weight is 274 g/mol. The number of aryl methyl sites for hydroxylation is 2. The second-order valence-corrected chi connectivity index (χ2v) is 6.77. The summed E-state index contributed by atoms with van der Waals surface area (Å²) < 4.78 is 0. The lowest BCUT2D eigenvalue weighted by molar-refractivity contribution is 0.509. The van der Waals surface area contributed by atoms with Crippen molar-refractivity contribution in [1.29, 1.82) is 0 Å². The normalized spacial score (nSPS) is 11.2. The van der Waals surface area contributed by atoms with Crippen LogP contribution in [0.3, 0.4) is 0 Å². The van der Waals surface area contributed by atoms with Crippen LogP contribution in [0.1, 0.15) is 81.9 Å². The van der Waals surface area contributed by atoms with Crippen LogP contribution in [0.15, 0.2) is 18.2 Å². The van der Waals surface area contributed by atoms with Gasteiger partial charge in [0, 0.05) is 0 Å². The van der Waals surface area contributed by atoms with E-state index in [0.717, 1.165) is 5.92 Å². The monoisotopic (exact) mass is 274 g/mol. The molecule has 0 spiro atoms. The van der Waals surface area contributed by atoms with Crippen LogP contribution in [-0.2, 0) is 6.42 Å². The molecule has 1 aromatic carbocycles. The molecule has 0 radical (unpaired) electrons. The van der Waals surface area contributed by atoms with Gasteiger partial charge in [-0.15, -0.1) is 0 Å². The van der Waals surface area contributed by atoms with Crippen molar-refractivity contribution in [3.63, 3.8) is 0 Å². The van der Waals surface area contributed by atoms with Gasteiger partial charge in [-0.25, -0.2) is 0 Å². The van der Waals surface area contributed by atoms with E-state index >= 15 is 0 Å². The highest BCUT2D eigenvalue weighted by molar-refractivity contribution is 5.33. The van der Waals surface area contributed by atoms with E-state index in [1.54, 1.807) is 5.56 Å². The Bertz CT molecular complexity index is 362. The molecule has 0 fully saturated rings. The lowest BCUT2D eigenvalue weighted by Crippen LogP contribution is -1.92. The lowest BCUT2D eigenvalue weighted by atomic mass is 9.98. The summed E-state index contributed by atoms with van der Waals surface area (Å²) in [5.41, 5.74) is 4.50. The van der Waals surface area contributed by atoms with Gasteiger partial charge in [-0.3, -0.25) is 0 Å². The highest BCUT2D eigenvalue weighted by Gasteiger charge is 2.00. The fourth-order valence-corrected chi connectivity index (χ4v) is 2.83. The van der Waals surface area contributed by atoms with Crippen LogP contribution in [0.2, 0.25) is 0 Å². The number of unbranched alkanes of at least 4 members (excludes halogenated alkanes) is 6. The third-order valence-electron chi connectivity index (χ3n) is 4.44. The quantitative estimate of drug-likeness (QED) is 0.420. The third kappa shape index (κ3) is 7.12. The number of hydrogen-bond donors (Lipinski definition) is 0. The van der Waals surface area contributed by atoms with E-state index < -0.39 is 0 Å². The maximum absolute atomic E-state index is 2.33. The second-order valence-electron chi connectivity index (χ2n) is 6.77. The number of rotatable bonds is 10. The molecule has 0 aromatic heterocycles. The van der Waals surface area contributed by atoms with Crippen molar-refractivity contribution in [1.82, 2.24) is 0 Å². The molecule has 0 heterocycles. The first-order valence-corrected chi connectivity index (χ1v) is 8.66. The van der Waals surface area contributed by atoms with E-state index in [1.165, 1.54) is 68.9 Å². The molecule has 20 heavy (non-hydrogen) atoms. The average Bonchev–Trinajstić information content (AvgIpc) is 2.41. The van der Waals surface area contributed by atoms with Crippen molar-refractivity contribution in [2.75, 3.05) is 0 Å². The molecule has 114 valence electrons. The van der Waals surface area contributed by atoms with Gasteiger partial charge >= 0.3 is 0 Å². The van der Waals surface area contributed by atoms with Gasteiger partial charge in [-0.2, -0.15) is 0 Å². The van der Waals surface area contributed by atoms with Gasteiger partial charge in [0.05, 0.1) is 0 Å². The smallest absolute Gasteiger partial charge is 0.0276 e. The van der Waals surface area contributed by atoms with E-state index in [0.29, 0.717) is 0 Å². The van der Waals surface area contributed by atoms with E-state index in [4.69, 9.17) is 0 Å². The molecule has 0 bridgehead atoms. The molecule has 0 heteroatoms. The predicted molar refractivity (Wildman–Crippen MR) is 91.4 cm³/mol. The Morgan fingerprint density at radius 3 is 2.05 bits per heavy atom. The fraction of sp³-hybridized carbons (Fsp3) is 0.700. The Morgan fingerprint density at radius 2 is 1.40 bits per heavy atom. The summed E-state index contributed by atoms with van der Waals surface area (Å²) in [6, 6.07) is 6.72. The topological polar surface area (TPSA) is 0 Å². The molecule has 0 saturated heterocycles. The summed E-state index contributed by atoms with van der Waals surface area (Å²) >= 11 is 0. The first-order valence-electron chi connectivity index (χ1n) is 8.66. The Balaban J connectivity index is 2.01. The van der Waals surface area contributed by atoms with Gasteiger partial charge in [-0.1, -0.05) is 77.0 Å². The van der Waals surface area contributed by atoms with E-state index in [1.807, 2.05) is 0 Å². The van der Waals surface area contributed by atoms with Crippen LogP contribution in [0.25, 0.3) is 0 Å². The Hall–Kier alpha value is -0.780. The molecule has 0 aliphatic carbocycles. The van der Waals surface area contributed by atoms with E-state index in [9.17, 15) is 0 Å². The highest BCUT2D eigenvalue weighted by Crippen LogP contribution is 2.17. The van der Waals surface area contributed by atoms with Gasteiger partial charge in [0.25, 0.3) is 0 Å². The van der Waals surface area contributed by atoms with Gasteiger partial charge in [-0.05, 0) is 49.3 Å². The second kappa shape index (κ2) is 10.0. The number of hydrogen-bond acceptors (Lipinski definition) is 0. The SMILES string of the molecule is Cc1cccc(CCCCCCCCCC(C)C)c1C. The molecule has 1 aromatic rings. The molecule has 0 N–H and O–H groups in total. The van der Waals surface area contributed by atoms with Crippen LogP contribution in [0.5, 0.6) is 0 Å². The molecule has 0 amide bonds. The predicted octanol–water partition coefficient (Wildman–Crippen LogP) is 6.62. The molecular weight excluding hydrogens is 240 g/mol. The van der Waals surface area contributed by atoms with E-state index in [2.05, 4.69) is 45.9 Å². The van der Waals surface area contributed by atoms with Crippen LogP contribution in [0, 0.1) is 19.8 Å². The van der Waals surface area contributed by atoms with Crippen molar-refractivity contribution in [2.24, 2.45) is 5.92 Å². The van der Waals surface area contributed by atoms with Crippen molar-refractivity contribution in [3.05, 3.63) is 34.9 Å². The van der Waals surface area contributed by atoms with Crippen LogP contribution < -0.4 is 0 Å². The first kappa shape index (κ1) is 17.3. The highest BCUT2D eigenvalue weighted by atomic mass is 14.1. The summed E-state index contributed by atoms with van der Waals surface area (Å²) in [6.45, 7) is 9.13. The molecule has 0 nitrogen and oxygen atoms in total. The summed E-state index contributed by atoms with van der Waals surface area (Å²) in [5, 5.41) is 0. The van der Waals surface area contributed by atoms with Crippen molar-refractivity contribution in [3.8, 4) is 0 Å². The Labute approximate surface area is 127 Å². The zero-order valence-corrected chi connectivity index (χ0v) is 14.2. The molecule has 0 saturated carbocycles. The minimum Gasteiger partial charge on any atom is -0.0628 e. The molecule has 1 rings (SSSR count). The molecular formula is C20H34. The molecule has 0 aliphatic rings. The molecule has 0 atom stereocenters. The minimum atomic E-state index is 0.882. The minimum absolute atomic E-state index is 0.882. The largest absolute Gasteiger partial charge is 0.0628 e. The molecule has 0 unspecified atom stereocenters. The summed E-state index contributed by atoms with van der Waals surface area (Å²) in [4.78, 5) is 0. The van der Waals surface area contributed by atoms with Crippen LogP contribution in [-0.4, -0.2) is 0 Å². The zero-order chi connectivity index (χ0) is 14.8.